The molecule has 1 aliphatic rings. The topological polar surface area (TPSA) is 128 Å². The van der Waals surface area contributed by atoms with Crippen LogP contribution in [0.1, 0.15) is 5.56 Å². The molecule has 0 bridgehead atoms. The summed E-state index contributed by atoms with van der Waals surface area (Å²) in [6.07, 6.45) is 0.503. The van der Waals surface area contributed by atoms with Gasteiger partial charge in [0.25, 0.3) is 5.69 Å². The highest BCUT2D eigenvalue weighted by Gasteiger charge is 2.27. The third-order valence-corrected chi connectivity index (χ3v) is 5.65. The molecule has 30 heavy (non-hydrogen) atoms. The molecule has 0 saturated carbocycles. The first-order valence-electron chi connectivity index (χ1n) is 9.03. The number of fused-ring (bicyclic) bond motifs is 1. The molecule has 2 aromatic rings. The zero-order valence-corrected chi connectivity index (χ0v) is 17.2. The van der Waals surface area contributed by atoms with E-state index in [0.29, 0.717) is 11.5 Å². The summed E-state index contributed by atoms with van der Waals surface area (Å²) in [6, 6.07) is 11.2. The zero-order chi connectivity index (χ0) is 21.9. The first kappa shape index (κ1) is 21.4. The summed E-state index contributed by atoms with van der Waals surface area (Å²) in [5.74, 6) is 0.603. The normalized spacial score (nSPS) is 15.3. The largest absolute Gasteiger partial charge is 0.486 e. The standard InChI is InChI=1S/C19H21N3O7S/c1-13-15(6-5-7-16(13)22(24)25)21(30(2,26)27)11-19(23)20-10-14-12-28-17-8-3-4-9-18(17)29-14/h3-9,14H,10-12H2,1-2H3,(H,20,23). The summed E-state index contributed by atoms with van der Waals surface area (Å²) in [6.45, 7) is 1.26. The maximum atomic E-state index is 12.4. The van der Waals surface area contributed by atoms with Gasteiger partial charge < -0.3 is 14.8 Å². The molecule has 160 valence electrons. The van der Waals surface area contributed by atoms with Crippen LogP contribution in [-0.2, 0) is 14.8 Å². The number of sulfonamides is 1. The summed E-state index contributed by atoms with van der Waals surface area (Å²) >= 11 is 0. The lowest BCUT2D eigenvalue weighted by Gasteiger charge is -2.27. The van der Waals surface area contributed by atoms with Gasteiger partial charge >= 0.3 is 0 Å². The van der Waals surface area contributed by atoms with E-state index in [1.165, 1.54) is 25.1 Å². The van der Waals surface area contributed by atoms with Crippen molar-refractivity contribution in [2.45, 2.75) is 13.0 Å². The predicted octanol–water partition coefficient (Wildman–Crippen LogP) is 1.63. The van der Waals surface area contributed by atoms with Crippen molar-refractivity contribution in [1.29, 1.82) is 0 Å². The van der Waals surface area contributed by atoms with Crippen LogP contribution in [0.25, 0.3) is 0 Å². The number of rotatable bonds is 7. The molecular weight excluding hydrogens is 414 g/mol. The van der Waals surface area contributed by atoms with Gasteiger partial charge in [0.15, 0.2) is 11.5 Å². The van der Waals surface area contributed by atoms with E-state index in [1.54, 1.807) is 18.2 Å². The molecule has 1 aliphatic heterocycles. The summed E-state index contributed by atoms with van der Waals surface area (Å²) in [5.41, 5.74) is 0.00218. The van der Waals surface area contributed by atoms with E-state index in [0.717, 1.165) is 10.6 Å². The molecule has 0 saturated heterocycles. The number of nitrogens with one attached hydrogen (secondary N) is 1. The lowest BCUT2D eigenvalue weighted by Crippen LogP contribution is -2.45. The molecule has 1 N–H and O–H groups in total. The highest BCUT2D eigenvalue weighted by atomic mass is 32.2. The Bertz CT molecular complexity index is 1070. The van der Waals surface area contributed by atoms with Crippen LogP contribution >= 0.6 is 0 Å². The number of para-hydroxylation sites is 2. The van der Waals surface area contributed by atoms with Crippen LogP contribution in [0.15, 0.2) is 42.5 Å². The van der Waals surface area contributed by atoms with Crippen LogP contribution in [0.3, 0.4) is 0 Å². The molecule has 2 aromatic carbocycles. The van der Waals surface area contributed by atoms with Crippen LogP contribution in [0, 0.1) is 17.0 Å². The molecule has 1 atom stereocenters. The van der Waals surface area contributed by atoms with Gasteiger partial charge in [-0.25, -0.2) is 8.42 Å². The lowest BCUT2D eigenvalue weighted by molar-refractivity contribution is -0.385. The molecule has 0 spiro atoms. The maximum Gasteiger partial charge on any atom is 0.274 e. The molecule has 1 unspecified atom stereocenters. The van der Waals surface area contributed by atoms with E-state index in [2.05, 4.69) is 5.32 Å². The van der Waals surface area contributed by atoms with E-state index in [4.69, 9.17) is 9.47 Å². The summed E-state index contributed by atoms with van der Waals surface area (Å²) in [5, 5.41) is 13.8. The molecule has 0 aromatic heterocycles. The number of nitro benzene ring substituents is 1. The Morgan fingerprint density at radius 1 is 1.23 bits per heavy atom. The molecule has 11 heteroatoms. The first-order chi connectivity index (χ1) is 14.2. The van der Waals surface area contributed by atoms with Crippen LogP contribution < -0.4 is 19.1 Å². The average Bonchev–Trinajstić information content (AvgIpc) is 2.69. The number of nitro groups is 1. The highest BCUT2D eigenvalue weighted by molar-refractivity contribution is 7.92. The van der Waals surface area contributed by atoms with Gasteiger partial charge in [0.2, 0.25) is 15.9 Å². The summed E-state index contributed by atoms with van der Waals surface area (Å²) in [4.78, 5) is 23.0. The number of benzene rings is 2. The number of carbonyl (C=O) groups excluding carboxylic acids is 1. The second-order valence-corrected chi connectivity index (χ2v) is 8.66. The molecular formula is C19H21N3O7S. The van der Waals surface area contributed by atoms with E-state index in [-0.39, 0.29) is 30.1 Å². The number of hydrogen-bond acceptors (Lipinski definition) is 7. The average molecular weight is 435 g/mol. The number of carbonyl (C=O) groups is 1. The van der Waals surface area contributed by atoms with Crippen molar-refractivity contribution in [3.05, 3.63) is 58.1 Å². The number of nitrogens with zero attached hydrogens (tertiary/aromatic N) is 2. The summed E-state index contributed by atoms with van der Waals surface area (Å²) < 4.78 is 36.7. The van der Waals surface area contributed by atoms with Crippen molar-refractivity contribution >= 4 is 27.3 Å². The van der Waals surface area contributed by atoms with Crippen LogP contribution in [0.4, 0.5) is 11.4 Å². The molecule has 0 radical (unpaired) electrons. The molecule has 0 fully saturated rings. The van der Waals surface area contributed by atoms with Crippen molar-refractivity contribution in [2.75, 3.05) is 30.3 Å². The molecule has 1 amide bonds. The van der Waals surface area contributed by atoms with Gasteiger partial charge in [-0.15, -0.1) is 0 Å². The number of ether oxygens (including phenoxy) is 2. The van der Waals surface area contributed by atoms with Crippen molar-refractivity contribution in [2.24, 2.45) is 0 Å². The Kier molecular flexibility index (Phi) is 6.11. The third kappa shape index (κ3) is 4.79. The minimum absolute atomic E-state index is 0.0769. The Hall–Kier alpha value is -3.34. The van der Waals surface area contributed by atoms with Gasteiger partial charge in [-0.3, -0.25) is 19.2 Å². The highest BCUT2D eigenvalue weighted by Crippen LogP contribution is 2.31. The lowest BCUT2D eigenvalue weighted by atomic mass is 10.1. The SMILES string of the molecule is Cc1c(N(CC(=O)NCC2COc3ccccc3O2)S(C)(=O)=O)cccc1[N+](=O)[O-]. The fourth-order valence-electron chi connectivity index (χ4n) is 3.04. The summed E-state index contributed by atoms with van der Waals surface area (Å²) in [7, 11) is -3.87. The Balaban J connectivity index is 1.69. The quantitative estimate of drug-likeness (QED) is 0.517. The monoisotopic (exact) mass is 435 g/mol. The minimum atomic E-state index is -3.87. The van der Waals surface area contributed by atoms with E-state index in [9.17, 15) is 23.3 Å². The number of amides is 1. The Labute approximate surface area is 173 Å². The van der Waals surface area contributed by atoms with Crippen LogP contribution in [0.2, 0.25) is 0 Å². The maximum absolute atomic E-state index is 12.4. The molecule has 10 nitrogen and oxygen atoms in total. The Morgan fingerprint density at radius 3 is 2.60 bits per heavy atom. The number of anilines is 1. The van der Waals surface area contributed by atoms with Gasteiger partial charge in [0.1, 0.15) is 19.3 Å². The van der Waals surface area contributed by atoms with Crippen LogP contribution in [0.5, 0.6) is 11.5 Å². The minimum Gasteiger partial charge on any atom is -0.486 e. The van der Waals surface area contributed by atoms with E-state index < -0.39 is 33.5 Å². The van der Waals surface area contributed by atoms with Gasteiger partial charge in [-0.2, -0.15) is 0 Å². The van der Waals surface area contributed by atoms with Gasteiger partial charge in [-0.1, -0.05) is 18.2 Å². The molecule has 1 heterocycles. The van der Waals surface area contributed by atoms with Crippen molar-refractivity contribution in [3.63, 3.8) is 0 Å². The van der Waals surface area contributed by atoms with E-state index >= 15 is 0 Å². The van der Waals surface area contributed by atoms with E-state index in [1.807, 2.05) is 6.07 Å². The van der Waals surface area contributed by atoms with Crippen molar-refractivity contribution in [3.8, 4) is 11.5 Å². The second-order valence-electron chi connectivity index (χ2n) is 6.75. The third-order valence-electron chi connectivity index (χ3n) is 4.52. The zero-order valence-electron chi connectivity index (χ0n) is 16.4. The van der Waals surface area contributed by atoms with Gasteiger partial charge in [0, 0.05) is 6.07 Å². The smallest absolute Gasteiger partial charge is 0.274 e. The van der Waals surface area contributed by atoms with Crippen LogP contribution in [-0.4, -0.2) is 51.3 Å². The number of hydrogen-bond donors (Lipinski definition) is 1. The first-order valence-corrected chi connectivity index (χ1v) is 10.9. The molecule has 0 aliphatic carbocycles. The fourth-order valence-corrected chi connectivity index (χ4v) is 3.95. The second kappa shape index (κ2) is 8.57. The van der Waals surface area contributed by atoms with Crippen molar-refractivity contribution < 1.29 is 27.6 Å². The predicted molar refractivity (Wildman–Crippen MR) is 109 cm³/mol. The Morgan fingerprint density at radius 2 is 1.93 bits per heavy atom. The fraction of sp³-hybridized carbons (Fsp3) is 0.316. The van der Waals surface area contributed by atoms with Crippen molar-refractivity contribution in [1.82, 2.24) is 5.32 Å². The molecule has 3 rings (SSSR count). The van der Waals surface area contributed by atoms with Gasteiger partial charge in [0.05, 0.1) is 29.0 Å². The van der Waals surface area contributed by atoms with Gasteiger partial charge in [-0.05, 0) is 25.1 Å².